The van der Waals surface area contributed by atoms with Crippen LogP contribution < -0.4 is 11.1 Å². The molecule has 1 aliphatic carbocycles. The SMILES string of the molecule is NCc1nc(C(=O)Nc2nc3c(s2)CCCCCC3)cs1. The fourth-order valence-electron chi connectivity index (χ4n) is 2.43. The number of nitrogens with zero attached hydrogens (tertiary/aromatic N) is 2. The van der Waals surface area contributed by atoms with Gasteiger partial charge in [0.25, 0.3) is 5.91 Å². The van der Waals surface area contributed by atoms with E-state index < -0.39 is 0 Å². The summed E-state index contributed by atoms with van der Waals surface area (Å²) in [5, 5.41) is 6.06. The number of carbonyl (C=O) groups is 1. The molecule has 112 valence electrons. The third-order valence-corrected chi connectivity index (χ3v) is 5.47. The van der Waals surface area contributed by atoms with Crippen molar-refractivity contribution >= 4 is 33.7 Å². The molecule has 1 amide bonds. The summed E-state index contributed by atoms with van der Waals surface area (Å²) in [6, 6.07) is 0. The second-order valence-corrected chi connectivity index (χ2v) is 7.11. The molecule has 3 N–H and O–H groups in total. The van der Waals surface area contributed by atoms with E-state index in [1.165, 1.54) is 41.9 Å². The van der Waals surface area contributed by atoms with Crippen LogP contribution >= 0.6 is 22.7 Å². The molecule has 21 heavy (non-hydrogen) atoms. The highest BCUT2D eigenvalue weighted by molar-refractivity contribution is 7.16. The smallest absolute Gasteiger partial charge is 0.276 e. The van der Waals surface area contributed by atoms with E-state index in [0.29, 0.717) is 17.4 Å². The number of nitrogens with one attached hydrogen (secondary N) is 1. The van der Waals surface area contributed by atoms with E-state index in [9.17, 15) is 4.79 Å². The molecule has 3 rings (SSSR count). The highest BCUT2D eigenvalue weighted by Gasteiger charge is 2.16. The van der Waals surface area contributed by atoms with Gasteiger partial charge in [-0.3, -0.25) is 10.1 Å². The number of anilines is 1. The molecule has 0 atom stereocenters. The van der Waals surface area contributed by atoms with Crippen molar-refractivity contribution in [1.29, 1.82) is 0 Å². The number of nitrogens with two attached hydrogens (primary N) is 1. The summed E-state index contributed by atoms with van der Waals surface area (Å²) in [6.07, 6.45) is 7.08. The van der Waals surface area contributed by atoms with Crippen LogP contribution in [-0.4, -0.2) is 15.9 Å². The van der Waals surface area contributed by atoms with Gasteiger partial charge in [-0.1, -0.05) is 12.8 Å². The van der Waals surface area contributed by atoms with Crippen LogP contribution in [0.3, 0.4) is 0 Å². The number of fused-ring (bicyclic) bond motifs is 1. The molecule has 0 aliphatic heterocycles. The fourth-order valence-corrected chi connectivity index (χ4v) is 4.13. The van der Waals surface area contributed by atoms with Crippen molar-refractivity contribution in [3.8, 4) is 0 Å². The van der Waals surface area contributed by atoms with Crippen molar-refractivity contribution in [3.63, 3.8) is 0 Å². The lowest BCUT2D eigenvalue weighted by atomic mass is 10.0. The summed E-state index contributed by atoms with van der Waals surface area (Å²) in [5.41, 5.74) is 7.10. The highest BCUT2D eigenvalue weighted by Crippen LogP contribution is 2.28. The van der Waals surface area contributed by atoms with Gasteiger partial charge in [0, 0.05) is 16.8 Å². The van der Waals surface area contributed by atoms with Crippen molar-refractivity contribution in [2.75, 3.05) is 5.32 Å². The molecule has 1 aliphatic rings. The van der Waals surface area contributed by atoms with Gasteiger partial charge in [0.2, 0.25) is 0 Å². The molecule has 2 aromatic heterocycles. The zero-order chi connectivity index (χ0) is 14.7. The summed E-state index contributed by atoms with van der Waals surface area (Å²) in [4.78, 5) is 22.3. The van der Waals surface area contributed by atoms with Crippen LogP contribution in [0.25, 0.3) is 0 Å². The lowest BCUT2D eigenvalue weighted by Gasteiger charge is -2.06. The number of aromatic nitrogens is 2. The minimum absolute atomic E-state index is 0.201. The van der Waals surface area contributed by atoms with Crippen molar-refractivity contribution in [2.45, 2.75) is 45.1 Å². The van der Waals surface area contributed by atoms with Gasteiger partial charge in [0.1, 0.15) is 10.7 Å². The Morgan fingerprint density at radius 1 is 1.24 bits per heavy atom. The molecule has 7 heteroatoms. The van der Waals surface area contributed by atoms with Gasteiger partial charge in [-0.2, -0.15) is 0 Å². The summed E-state index contributed by atoms with van der Waals surface area (Å²) >= 11 is 3.01. The molecule has 2 aromatic rings. The van der Waals surface area contributed by atoms with Crippen molar-refractivity contribution in [2.24, 2.45) is 5.73 Å². The number of amides is 1. The molecule has 0 fully saturated rings. The third-order valence-electron chi connectivity index (χ3n) is 3.53. The first-order chi connectivity index (χ1) is 10.3. The van der Waals surface area contributed by atoms with E-state index in [4.69, 9.17) is 5.73 Å². The van der Waals surface area contributed by atoms with Crippen LogP contribution in [0, 0.1) is 0 Å². The van der Waals surface area contributed by atoms with E-state index in [-0.39, 0.29) is 5.91 Å². The first-order valence-corrected chi connectivity index (χ1v) is 8.90. The van der Waals surface area contributed by atoms with Gasteiger partial charge in [0.15, 0.2) is 5.13 Å². The summed E-state index contributed by atoms with van der Waals surface area (Å²) in [5.74, 6) is -0.201. The van der Waals surface area contributed by atoms with Crippen LogP contribution in [0.15, 0.2) is 5.38 Å². The second-order valence-electron chi connectivity index (χ2n) is 5.09. The fraction of sp³-hybridized carbons (Fsp3) is 0.500. The number of hydrogen-bond acceptors (Lipinski definition) is 6. The van der Waals surface area contributed by atoms with E-state index >= 15 is 0 Å². The van der Waals surface area contributed by atoms with Crippen LogP contribution in [0.4, 0.5) is 5.13 Å². The predicted octanol–water partition coefficient (Wildman–Crippen LogP) is 2.97. The minimum Gasteiger partial charge on any atom is -0.325 e. The Kier molecular flexibility index (Phi) is 4.62. The minimum atomic E-state index is -0.201. The molecule has 0 saturated heterocycles. The second kappa shape index (κ2) is 6.64. The van der Waals surface area contributed by atoms with Gasteiger partial charge < -0.3 is 5.73 Å². The number of rotatable bonds is 3. The molecule has 0 unspecified atom stereocenters. The summed E-state index contributed by atoms with van der Waals surface area (Å²) < 4.78 is 0. The third kappa shape index (κ3) is 3.48. The van der Waals surface area contributed by atoms with Gasteiger partial charge in [-0.05, 0) is 25.7 Å². The van der Waals surface area contributed by atoms with Gasteiger partial charge in [-0.15, -0.1) is 22.7 Å². The van der Waals surface area contributed by atoms with Crippen LogP contribution in [0.2, 0.25) is 0 Å². The van der Waals surface area contributed by atoms with E-state index in [1.807, 2.05) is 0 Å². The normalized spacial score (nSPS) is 15.1. The Morgan fingerprint density at radius 2 is 2.05 bits per heavy atom. The maximum atomic E-state index is 12.2. The van der Waals surface area contributed by atoms with Crippen molar-refractivity contribution in [1.82, 2.24) is 9.97 Å². The van der Waals surface area contributed by atoms with Gasteiger partial charge >= 0.3 is 0 Å². The Bertz CT molecular complexity index is 609. The topological polar surface area (TPSA) is 80.9 Å². The van der Waals surface area contributed by atoms with E-state index in [1.54, 1.807) is 16.7 Å². The average molecular weight is 322 g/mol. The molecule has 5 nitrogen and oxygen atoms in total. The Balaban J connectivity index is 1.72. The van der Waals surface area contributed by atoms with Crippen LogP contribution in [0.5, 0.6) is 0 Å². The predicted molar refractivity (Wildman–Crippen MR) is 85.9 cm³/mol. The van der Waals surface area contributed by atoms with Crippen molar-refractivity contribution < 1.29 is 4.79 Å². The maximum Gasteiger partial charge on any atom is 0.276 e. The van der Waals surface area contributed by atoms with E-state index in [0.717, 1.165) is 23.5 Å². The zero-order valence-electron chi connectivity index (χ0n) is 11.7. The lowest BCUT2D eigenvalue weighted by molar-refractivity contribution is 0.102. The molecule has 0 radical (unpaired) electrons. The first kappa shape index (κ1) is 14.6. The number of carbonyl (C=O) groups excluding carboxylic acids is 1. The largest absolute Gasteiger partial charge is 0.325 e. The monoisotopic (exact) mass is 322 g/mol. The highest BCUT2D eigenvalue weighted by atomic mass is 32.1. The Labute approximate surface area is 131 Å². The van der Waals surface area contributed by atoms with E-state index in [2.05, 4.69) is 15.3 Å². The summed E-state index contributed by atoms with van der Waals surface area (Å²) in [7, 11) is 0. The quantitative estimate of drug-likeness (QED) is 0.910. The van der Waals surface area contributed by atoms with Crippen LogP contribution in [0.1, 0.15) is 51.8 Å². The van der Waals surface area contributed by atoms with Crippen LogP contribution in [-0.2, 0) is 19.4 Å². The van der Waals surface area contributed by atoms with Gasteiger partial charge in [-0.25, -0.2) is 9.97 Å². The van der Waals surface area contributed by atoms with Gasteiger partial charge in [0.05, 0.1) is 5.69 Å². The molecular weight excluding hydrogens is 304 g/mol. The Hall–Kier alpha value is -1.31. The molecule has 0 bridgehead atoms. The molecule has 0 spiro atoms. The molecule has 0 aromatic carbocycles. The molecular formula is C14H18N4OS2. The number of thiazole rings is 2. The lowest BCUT2D eigenvalue weighted by Crippen LogP contribution is -2.12. The molecule has 2 heterocycles. The first-order valence-electron chi connectivity index (χ1n) is 7.20. The number of hydrogen-bond donors (Lipinski definition) is 2. The molecule has 0 saturated carbocycles. The average Bonchev–Trinajstić information content (AvgIpc) is 3.06. The zero-order valence-corrected chi connectivity index (χ0v) is 13.4. The summed E-state index contributed by atoms with van der Waals surface area (Å²) in [6.45, 7) is 0.365. The Morgan fingerprint density at radius 3 is 2.81 bits per heavy atom. The standard InChI is InChI=1S/C14H18N4OS2/c15-7-12-16-10(8-20-12)13(19)18-14-17-9-5-3-1-2-4-6-11(9)21-14/h8H,1-7,15H2,(H,17,18,19). The number of aryl methyl sites for hydroxylation is 2. The van der Waals surface area contributed by atoms with Crippen molar-refractivity contribution in [3.05, 3.63) is 26.7 Å². The maximum absolute atomic E-state index is 12.2.